The molecular weight excluding hydrogens is 318 g/mol. The topological polar surface area (TPSA) is 47.0 Å². The third-order valence-corrected chi connectivity index (χ3v) is 3.14. The van der Waals surface area contributed by atoms with E-state index >= 15 is 0 Å². The molecule has 2 aromatic heterocycles. The Hall–Kier alpha value is -1.46. The van der Waals surface area contributed by atoms with Gasteiger partial charge in [-0.1, -0.05) is 13.3 Å². The molecule has 0 aliphatic rings. The average molecular weight is 336 g/mol. The van der Waals surface area contributed by atoms with Crippen LogP contribution in [0.4, 0.5) is 0 Å². The van der Waals surface area contributed by atoms with Crippen LogP contribution in [0.25, 0.3) is 0 Å². The van der Waals surface area contributed by atoms with Crippen LogP contribution in [0.15, 0.2) is 35.1 Å². The Kier molecular flexibility index (Phi) is 5.49. The van der Waals surface area contributed by atoms with Gasteiger partial charge in [-0.25, -0.2) is 4.98 Å². The average Bonchev–Trinajstić information content (AvgIpc) is 2.39. The van der Waals surface area contributed by atoms with Gasteiger partial charge in [-0.2, -0.15) is 0 Å². The van der Waals surface area contributed by atoms with Gasteiger partial charge in [0, 0.05) is 29.0 Å². The molecule has 0 radical (unpaired) electrons. The number of pyridine rings is 2. The van der Waals surface area contributed by atoms with Gasteiger partial charge in [-0.3, -0.25) is 4.98 Å². The fourth-order valence-electron chi connectivity index (χ4n) is 1.93. The fourth-order valence-corrected chi connectivity index (χ4v) is 2.28. The quantitative estimate of drug-likeness (QED) is 0.874. The molecule has 2 aromatic rings. The summed E-state index contributed by atoms with van der Waals surface area (Å²) in [4.78, 5) is 8.62. The summed E-state index contributed by atoms with van der Waals surface area (Å²) < 4.78 is 6.69. The highest BCUT2D eigenvalue weighted by Crippen LogP contribution is 2.23. The lowest BCUT2D eigenvalue weighted by Crippen LogP contribution is -2.06. The van der Waals surface area contributed by atoms with Crippen molar-refractivity contribution in [1.29, 1.82) is 0 Å². The summed E-state index contributed by atoms with van der Waals surface area (Å²) in [5.74, 6) is 1.29. The molecule has 1 N–H and O–H groups in total. The van der Waals surface area contributed by atoms with Gasteiger partial charge >= 0.3 is 0 Å². The molecule has 0 bridgehead atoms. The molecule has 5 heteroatoms. The van der Waals surface area contributed by atoms with E-state index in [4.69, 9.17) is 4.74 Å². The highest BCUT2D eigenvalue weighted by molar-refractivity contribution is 9.10. The Morgan fingerprint density at radius 2 is 2.10 bits per heavy atom. The third kappa shape index (κ3) is 4.28. The van der Waals surface area contributed by atoms with E-state index in [0.29, 0.717) is 11.6 Å². The Bertz CT molecular complexity index is 551. The molecular formula is C15H18BrN3O. The van der Waals surface area contributed by atoms with E-state index in [9.17, 15) is 0 Å². The number of hydrogen-bond acceptors (Lipinski definition) is 4. The van der Waals surface area contributed by atoms with Crippen molar-refractivity contribution >= 4 is 15.9 Å². The minimum Gasteiger partial charge on any atom is -0.437 e. The molecule has 0 amide bonds. The molecule has 0 saturated carbocycles. The summed E-state index contributed by atoms with van der Waals surface area (Å²) in [5, 5.41) is 3.15. The number of nitrogens with one attached hydrogen (secondary N) is 1. The van der Waals surface area contributed by atoms with E-state index in [1.54, 1.807) is 12.4 Å². The minimum absolute atomic E-state index is 0.612. The third-order valence-electron chi connectivity index (χ3n) is 2.70. The Morgan fingerprint density at radius 3 is 2.80 bits per heavy atom. The molecule has 0 fully saturated rings. The fraction of sp³-hybridized carbons (Fsp3) is 0.333. The van der Waals surface area contributed by atoms with Crippen molar-refractivity contribution in [2.75, 3.05) is 7.05 Å². The number of halogens is 1. The second kappa shape index (κ2) is 7.36. The van der Waals surface area contributed by atoms with Gasteiger partial charge in [0.2, 0.25) is 5.88 Å². The zero-order chi connectivity index (χ0) is 14.4. The summed E-state index contributed by atoms with van der Waals surface area (Å²) in [6.07, 6.45) is 5.41. The number of rotatable bonds is 6. The second-order valence-corrected chi connectivity index (χ2v) is 5.44. The van der Waals surface area contributed by atoms with Gasteiger partial charge in [0.15, 0.2) is 0 Å². The van der Waals surface area contributed by atoms with Crippen LogP contribution in [0.5, 0.6) is 11.6 Å². The molecule has 0 aliphatic heterocycles. The number of hydrogen-bond donors (Lipinski definition) is 1. The molecule has 0 aliphatic carbocycles. The minimum atomic E-state index is 0.612. The zero-order valence-electron chi connectivity index (χ0n) is 11.7. The molecule has 20 heavy (non-hydrogen) atoms. The number of ether oxygens (including phenoxy) is 1. The highest BCUT2D eigenvalue weighted by Gasteiger charge is 2.05. The lowest BCUT2D eigenvalue weighted by atomic mass is 10.1. The van der Waals surface area contributed by atoms with Gasteiger partial charge in [0.1, 0.15) is 5.75 Å². The maximum atomic E-state index is 5.80. The largest absolute Gasteiger partial charge is 0.437 e. The molecule has 0 saturated heterocycles. The Labute approximate surface area is 127 Å². The standard InChI is InChI=1S/C15H18BrN3O/c1-3-4-13-5-11(8-17-2)6-15(19-13)20-14-7-12(16)9-18-10-14/h5-7,9-10,17H,3-4,8H2,1-2H3. The van der Waals surface area contributed by atoms with E-state index in [1.165, 1.54) is 5.56 Å². The molecule has 106 valence electrons. The number of aromatic nitrogens is 2. The second-order valence-electron chi connectivity index (χ2n) is 4.53. The smallest absolute Gasteiger partial charge is 0.219 e. The van der Waals surface area contributed by atoms with Gasteiger partial charge in [0.25, 0.3) is 0 Å². The van der Waals surface area contributed by atoms with Crippen LogP contribution in [0.3, 0.4) is 0 Å². The van der Waals surface area contributed by atoms with Gasteiger partial charge < -0.3 is 10.1 Å². The molecule has 2 heterocycles. The van der Waals surface area contributed by atoms with E-state index in [0.717, 1.165) is 29.6 Å². The first-order valence-electron chi connectivity index (χ1n) is 6.64. The summed E-state index contributed by atoms with van der Waals surface area (Å²) >= 11 is 3.38. The highest BCUT2D eigenvalue weighted by atomic mass is 79.9. The normalized spacial score (nSPS) is 10.6. The van der Waals surface area contributed by atoms with Crippen molar-refractivity contribution in [1.82, 2.24) is 15.3 Å². The van der Waals surface area contributed by atoms with Crippen LogP contribution < -0.4 is 10.1 Å². The predicted molar refractivity (Wildman–Crippen MR) is 83.0 cm³/mol. The lowest BCUT2D eigenvalue weighted by Gasteiger charge is -2.09. The molecule has 4 nitrogen and oxygen atoms in total. The maximum Gasteiger partial charge on any atom is 0.219 e. The number of aryl methyl sites for hydroxylation is 1. The lowest BCUT2D eigenvalue weighted by molar-refractivity contribution is 0.457. The van der Waals surface area contributed by atoms with Gasteiger partial charge in [-0.15, -0.1) is 0 Å². The number of nitrogens with zero attached hydrogens (tertiary/aromatic N) is 2. The van der Waals surface area contributed by atoms with Crippen molar-refractivity contribution < 1.29 is 4.74 Å². The van der Waals surface area contributed by atoms with Crippen LogP contribution in [0, 0.1) is 0 Å². The zero-order valence-corrected chi connectivity index (χ0v) is 13.3. The maximum absolute atomic E-state index is 5.80. The van der Waals surface area contributed by atoms with E-state index in [2.05, 4.69) is 44.2 Å². The van der Waals surface area contributed by atoms with E-state index < -0.39 is 0 Å². The molecule has 0 atom stereocenters. The van der Waals surface area contributed by atoms with Crippen molar-refractivity contribution in [3.8, 4) is 11.6 Å². The van der Waals surface area contributed by atoms with Crippen LogP contribution in [0.2, 0.25) is 0 Å². The van der Waals surface area contributed by atoms with Crippen LogP contribution in [-0.2, 0) is 13.0 Å². The first-order valence-corrected chi connectivity index (χ1v) is 7.43. The van der Waals surface area contributed by atoms with Crippen molar-refractivity contribution in [2.45, 2.75) is 26.3 Å². The SMILES string of the molecule is CCCc1cc(CNC)cc(Oc2cncc(Br)c2)n1. The Balaban J connectivity index is 2.25. The first-order chi connectivity index (χ1) is 9.71. The van der Waals surface area contributed by atoms with Crippen molar-refractivity contribution in [3.63, 3.8) is 0 Å². The Morgan fingerprint density at radius 1 is 1.25 bits per heavy atom. The summed E-state index contributed by atoms with van der Waals surface area (Å²) in [5.41, 5.74) is 2.22. The summed E-state index contributed by atoms with van der Waals surface area (Å²) in [6, 6.07) is 5.95. The van der Waals surface area contributed by atoms with Crippen LogP contribution >= 0.6 is 15.9 Å². The summed E-state index contributed by atoms with van der Waals surface area (Å²) in [7, 11) is 1.93. The van der Waals surface area contributed by atoms with Crippen molar-refractivity contribution in [3.05, 3.63) is 46.3 Å². The van der Waals surface area contributed by atoms with Gasteiger partial charge in [0.05, 0.1) is 6.20 Å². The van der Waals surface area contributed by atoms with Crippen LogP contribution in [-0.4, -0.2) is 17.0 Å². The molecule has 2 rings (SSSR count). The molecule has 0 spiro atoms. The van der Waals surface area contributed by atoms with Crippen molar-refractivity contribution in [2.24, 2.45) is 0 Å². The van der Waals surface area contributed by atoms with Gasteiger partial charge in [-0.05, 0) is 47.1 Å². The van der Waals surface area contributed by atoms with E-state index in [1.807, 2.05) is 19.2 Å². The molecule has 0 unspecified atom stereocenters. The predicted octanol–water partition coefficient (Wildman–Crippen LogP) is 3.70. The summed E-state index contributed by atoms with van der Waals surface area (Å²) in [6.45, 7) is 2.94. The van der Waals surface area contributed by atoms with E-state index in [-0.39, 0.29) is 0 Å². The first kappa shape index (κ1) is 14.9. The monoisotopic (exact) mass is 335 g/mol. The van der Waals surface area contributed by atoms with Crippen LogP contribution in [0.1, 0.15) is 24.6 Å². The molecule has 0 aromatic carbocycles.